The highest BCUT2D eigenvalue weighted by molar-refractivity contribution is 8.38. The molecule has 1 heterocycles. The molecule has 0 aliphatic heterocycles. The number of benzene rings is 2. The minimum Gasteiger partial charge on any atom is -0.271 e. The Morgan fingerprint density at radius 1 is 1.11 bits per heavy atom. The van der Waals surface area contributed by atoms with Gasteiger partial charge in [0.05, 0.1) is 5.69 Å². The number of aromatic nitrogens is 4. The molecule has 6 nitrogen and oxygen atoms in total. The van der Waals surface area contributed by atoms with Gasteiger partial charge in [0.15, 0.2) is 0 Å². The second-order valence-corrected chi connectivity index (χ2v) is 8.26. The predicted molar refractivity (Wildman–Crippen MR) is 119 cm³/mol. The molecule has 0 saturated heterocycles. The molecule has 0 fully saturated rings. The van der Waals surface area contributed by atoms with E-state index in [1.54, 1.807) is 30.6 Å². The van der Waals surface area contributed by atoms with E-state index in [1.165, 1.54) is 14.9 Å². The van der Waals surface area contributed by atoms with E-state index < -0.39 is 0 Å². The Bertz CT molecular complexity index is 1010. The Morgan fingerprint density at radius 2 is 1.89 bits per heavy atom. The Hall–Kier alpha value is -2.32. The van der Waals surface area contributed by atoms with Gasteiger partial charge in [-0.1, -0.05) is 54.2 Å². The van der Waals surface area contributed by atoms with Crippen molar-refractivity contribution in [2.75, 3.05) is 12.8 Å². The third-order valence-corrected chi connectivity index (χ3v) is 6.48. The summed E-state index contributed by atoms with van der Waals surface area (Å²) in [5.41, 5.74) is 4.00. The van der Waals surface area contributed by atoms with Crippen LogP contribution in [0.1, 0.15) is 16.7 Å². The Morgan fingerprint density at radius 3 is 2.57 bits per heavy atom. The van der Waals surface area contributed by atoms with Crippen molar-refractivity contribution >= 4 is 27.9 Å². The van der Waals surface area contributed by atoms with Gasteiger partial charge in [-0.05, 0) is 52.8 Å². The lowest BCUT2D eigenvalue weighted by Gasteiger charge is -2.11. The highest BCUT2D eigenvalue weighted by atomic mass is 32.2. The highest BCUT2D eigenvalue weighted by Crippen LogP contribution is 2.26. The lowest BCUT2D eigenvalue weighted by atomic mass is 10.1. The van der Waals surface area contributed by atoms with Gasteiger partial charge in [-0.3, -0.25) is 4.99 Å². The third kappa shape index (κ3) is 4.94. The molecule has 2 aromatic carbocycles. The molecule has 0 atom stereocenters. The Labute approximate surface area is 173 Å². The molecule has 0 spiro atoms. The van der Waals surface area contributed by atoms with Gasteiger partial charge < -0.3 is 0 Å². The van der Waals surface area contributed by atoms with Gasteiger partial charge in [0.25, 0.3) is 0 Å². The fourth-order valence-corrected chi connectivity index (χ4v) is 4.46. The first kappa shape index (κ1) is 20.4. The molecule has 8 heteroatoms. The summed E-state index contributed by atoms with van der Waals surface area (Å²) < 4.78 is 3.63. The quantitative estimate of drug-likeness (QED) is 0.457. The van der Waals surface area contributed by atoms with Crippen molar-refractivity contribution in [1.82, 2.24) is 19.8 Å². The molecule has 1 aromatic heterocycles. The molecule has 28 heavy (non-hydrogen) atoms. The normalized spacial score (nSPS) is 11.8. The zero-order chi connectivity index (χ0) is 19.9. The number of hydrogen-bond donors (Lipinski definition) is 0. The summed E-state index contributed by atoms with van der Waals surface area (Å²) in [6.45, 7) is 2.81. The summed E-state index contributed by atoms with van der Waals surface area (Å²) in [5.74, 6) is 0.718. The van der Waals surface area contributed by atoms with E-state index in [1.807, 2.05) is 37.4 Å². The molecule has 0 radical (unpaired) electrons. The molecule has 0 saturated carbocycles. The van der Waals surface area contributed by atoms with Crippen molar-refractivity contribution in [2.45, 2.75) is 19.1 Å². The van der Waals surface area contributed by atoms with Crippen LogP contribution in [0.4, 0.5) is 0 Å². The van der Waals surface area contributed by atoms with Crippen molar-refractivity contribution < 1.29 is 0 Å². The van der Waals surface area contributed by atoms with Crippen LogP contribution in [0.2, 0.25) is 0 Å². The summed E-state index contributed by atoms with van der Waals surface area (Å²) >= 11 is 3.34. The summed E-state index contributed by atoms with van der Waals surface area (Å²) in [7, 11) is 1.60. The zero-order valence-electron chi connectivity index (χ0n) is 16.2. The minimum atomic E-state index is -0.251. The molecule has 0 aliphatic carbocycles. The molecule has 0 unspecified atom stereocenters. The van der Waals surface area contributed by atoms with Gasteiger partial charge in [0.2, 0.25) is 0 Å². The zero-order valence-corrected chi connectivity index (χ0v) is 17.8. The van der Waals surface area contributed by atoms with Gasteiger partial charge in [0.1, 0.15) is 4.38 Å². The van der Waals surface area contributed by atoms with Gasteiger partial charge in [-0.25, -0.2) is 4.79 Å². The summed E-state index contributed by atoms with van der Waals surface area (Å²) in [6, 6.07) is 16.3. The fourth-order valence-electron chi connectivity index (χ4n) is 2.76. The number of aryl methyl sites for hydroxylation is 2. The molecule has 0 amide bonds. The van der Waals surface area contributed by atoms with Crippen molar-refractivity contribution in [3.8, 4) is 5.69 Å². The maximum absolute atomic E-state index is 12.3. The average Bonchev–Trinajstić information content (AvgIpc) is 3.04. The van der Waals surface area contributed by atoms with Gasteiger partial charge in [-0.15, -0.1) is 11.8 Å². The van der Waals surface area contributed by atoms with Gasteiger partial charge >= 0.3 is 5.69 Å². The fraction of sp³-hybridized carbons (Fsp3) is 0.300. The van der Waals surface area contributed by atoms with Crippen LogP contribution in [0.15, 0.2) is 58.3 Å². The molecular formula is C20H23N5OS2. The van der Waals surface area contributed by atoms with Crippen LogP contribution in [-0.2, 0) is 19.2 Å². The van der Waals surface area contributed by atoms with Crippen molar-refractivity contribution in [3.63, 3.8) is 0 Å². The van der Waals surface area contributed by atoms with Crippen molar-refractivity contribution in [1.29, 1.82) is 0 Å². The Balaban J connectivity index is 1.73. The summed E-state index contributed by atoms with van der Waals surface area (Å²) in [4.78, 5) is 17.0. The van der Waals surface area contributed by atoms with Crippen LogP contribution in [0.3, 0.4) is 0 Å². The molecular weight excluding hydrogens is 390 g/mol. The van der Waals surface area contributed by atoms with E-state index in [4.69, 9.17) is 4.99 Å². The maximum Gasteiger partial charge on any atom is 0.368 e. The second-order valence-electron chi connectivity index (χ2n) is 6.25. The second kappa shape index (κ2) is 9.75. The molecule has 3 aromatic rings. The van der Waals surface area contributed by atoms with Crippen LogP contribution in [0.5, 0.6) is 0 Å². The first-order chi connectivity index (χ1) is 13.6. The van der Waals surface area contributed by atoms with E-state index in [2.05, 4.69) is 34.7 Å². The number of rotatable bonds is 6. The van der Waals surface area contributed by atoms with E-state index in [-0.39, 0.29) is 5.69 Å². The SMILES string of the molecule is CSC(=NCCc1ccccc1)SCc1c(C)cccc1-n1nnn(C)c1=O. The van der Waals surface area contributed by atoms with E-state index in [9.17, 15) is 4.79 Å². The van der Waals surface area contributed by atoms with E-state index >= 15 is 0 Å². The van der Waals surface area contributed by atoms with Gasteiger partial charge in [0, 0.05) is 19.3 Å². The molecule has 0 bridgehead atoms. The Kier molecular flexibility index (Phi) is 7.11. The van der Waals surface area contributed by atoms with Crippen LogP contribution < -0.4 is 5.69 Å². The van der Waals surface area contributed by atoms with Crippen LogP contribution in [0.25, 0.3) is 5.69 Å². The molecule has 3 rings (SSSR count). The topological polar surface area (TPSA) is 65.1 Å². The number of thioether (sulfide) groups is 2. The predicted octanol–water partition coefficient (Wildman–Crippen LogP) is 3.47. The monoisotopic (exact) mass is 413 g/mol. The molecule has 146 valence electrons. The minimum absolute atomic E-state index is 0.251. The smallest absolute Gasteiger partial charge is 0.271 e. The first-order valence-corrected chi connectivity index (χ1v) is 11.1. The lowest BCUT2D eigenvalue weighted by molar-refractivity contribution is 0.692. The number of hydrogen-bond acceptors (Lipinski definition) is 6. The lowest BCUT2D eigenvalue weighted by Crippen LogP contribution is -2.23. The van der Waals surface area contributed by atoms with Crippen molar-refractivity contribution in [3.05, 3.63) is 75.7 Å². The largest absolute Gasteiger partial charge is 0.368 e. The number of nitrogens with zero attached hydrogens (tertiary/aromatic N) is 5. The summed E-state index contributed by atoms with van der Waals surface area (Å²) in [5, 5.41) is 7.82. The van der Waals surface area contributed by atoms with Crippen LogP contribution >= 0.6 is 23.5 Å². The van der Waals surface area contributed by atoms with E-state index in [0.29, 0.717) is 0 Å². The summed E-state index contributed by atoms with van der Waals surface area (Å²) in [6.07, 6.45) is 2.97. The molecule has 0 aliphatic rings. The molecule has 0 N–H and O–H groups in total. The first-order valence-electron chi connectivity index (χ1n) is 8.93. The van der Waals surface area contributed by atoms with Crippen LogP contribution in [0, 0.1) is 6.92 Å². The standard InChI is InChI=1S/C20H23N5OS2/c1-15-8-7-11-18(25-20(26)24(2)22-23-25)17(15)14-28-19(27-3)21-13-12-16-9-5-4-6-10-16/h4-11H,12-14H2,1-3H3. The van der Waals surface area contributed by atoms with E-state index in [0.717, 1.165) is 39.9 Å². The van der Waals surface area contributed by atoms with Gasteiger partial charge in [-0.2, -0.15) is 9.36 Å². The number of aliphatic imine (C=N–C) groups is 1. The third-order valence-electron chi connectivity index (χ3n) is 4.33. The highest BCUT2D eigenvalue weighted by Gasteiger charge is 2.13. The van der Waals surface area contributed by atoms with Crippen LogP contribution in [-0.4, -0.2) is 37.0 Å². The maximum atomic E-state index is 12.3. The average molecular weight is 414 g/mol. The van der Waals surface area contributed by atoms with Crippen molar-refractivity contribution in [2.24, 2.45) is 12.0 Å². The number of tetrazole rings is 1.